The number of aromatic hydroxyl groups is 1. The van der Waals surface area contributed by atoms with Crippen molar-refractivity contribution >= 4 is 22.9 Å². The first-order valence-corrected chi connectivity index (χ1v) is 9.91. The van der Waals surface area contributed by atoms with E-state index < -0.39 is 12.2 Å². The third kappa shape index (κ3) is 5.56. The van der Waals surface area contributed by atoms with E-state index in [0.717, 1.165) is 5.56 Å². The number of anilines is 1. The predicted octanol–water partition coefficient (Wildman–Crippen LogP) is 2.83. The number of para-hydroxylation sites is 2. The van der Waals surface area contributed by atoms with E-state index in [1.165, 1.54) is 6.07 Å². The largest absolute Gasteiger partial charge is 0.506 e. The lowest BCUT2D eigenvalue weighted by atomic mass is 9.95. The van der Waals surface area contributed by atoms with Gasteiger partial charge in [0.05, 0.1) is 32.1 Å². The molecule has 2 aromatic rings. The zero-order valence-corrected chi connectivity index (χ0v) is 16.1. The molecule has 0 unspecified atom stereocenters. The number of carbonyl (C=O) groups excluding carboxylic acids is 1. The molecule has 1 amide bonds. The topological polar surface area (TPSA) is 97.3 Å². The molecule has 0 radical (unpaired) electrons. The van der Waals surface area contributed by atoms with Gasteiger partial charge in [0.1, 0.15) is 5.75 Å². The fourth-order valence-corrected chi connectivity index (χ4v) is 3.53. The number of aliphatic hydroxyl groups excluding tert-OH is 1. The summed E-state index contributed by atoms with van der Waals surface area (Å²) in [5, 5.41) is 25.3. The quantitative estimate of drug-likeness (QED) is 0.438. The van der Waals surface area contributed by atoms with Crippen LogP contribution in [0, 0.1) is 0 Å². The van der Waals surface area contributed by atoms with Gasteiger partial charge in [-0.15, -0.1) is 0 Å². The minimum absolute atomic E-state index is 0.0181. The monoisotopic (exact) mass is 405 g/mol. The summed E-state index contributed by atoms with van der Waals surface area (Å²) in [7, 11) is 0. The van der Waals surface area contributed by atoms with Gasteiger partial charge in [0.2, 0.25) is 6.29 Å². The fraction of sp³-hybridized carbons (Fsp3) is 0.350. The van der Waals surface area contributed by atoms with Crippen molar-refractivity contribution in [2.45, 2.75) is 18.6 Å². The van der Waals surface area contributed by atoms with E-state index in [-0.39, 0.29) is 37.2 Å². The predicted molar refractivity (Wildman–Crippen MR) is 105 cm³/mol. The maximum Gasteiger partial charge on any atom is 0.290 e. The van der Waals surface area contributed by atoms with Crippen LogP contribution in [0.4, 0.5) is 5.69 Å². The highest BCUT2D eigenvalue weighted by atomic mass is 32.1. The molecule has 2 heterocycles. The molecule has 2 atom stereocenters. The average molecular weight is 405 g/mol. The maximum absolute atomic E-state index is 12.7. The smallest absolute Gasteiger partial charge is 0.290 e. The van der Waals surface area contributed by atoms with Crippen LogP contribution in [0.2, 0.25) is 0 Å². The summed E-state index contributed by atoms with van der Waals surface area (Å²) in [6.45, 7) is 0.822. The van der Waals surface area contributed by atoms with Gasteiger partial charge in [-0.25, -0.2) is 0 Å². The molecule has 150 valence electrons. The van der Waals surface area contributed by atoms with E-state index in [0.29, 0.717) is 18.7 Å². The molecular formula is C20H23NO6S. The van der Waals surface area contributed by atoms with Crippen molar-refractivity contribution < 1.29 is 29.2 Å². The second-order valence-corrected chi connectivity index (χ2v) is 6.94. The fourth-order valence-electron chi connectivity index (χ4n) is 2.81. The molecule has 0 fully saturated rings. The van der Waals surface area contributed by atoms with Crippen LogP contribution in [0.5, 0.6) is 5.75 Å². The van der Waals surface area contributed by atoms with Crippen molar-refractivity contribution in [3.63, 3.8) is 0 Å². The Morgan fingerprint density at radius 1 is 1.25 bits per heavy atom. The number of ether oxygens (including phenoxy) is 3. The van der Waals surface area contributed by atoms with Gasteiger partial charge in [-0.05, 0) is 40.6 Å². The molecular weight excluding hydrogens is 382 g/mol. The van der Waals surface area contributed by atoms with E-state index in [9.17, 15) is 9.90 Å². The first-order chi connectivity index (χ1) is 13.7. The number of phenols is 1. The first kappa shape index (κ1) is 20.3. The number of thiophene rings is 1. The second-order valence-electron chi connectivity index (χ2n) is 6.16. The summed E-state index contributed by atoms with van der Waals surface area (Å²) in [6, 6.07) is 8.52. The van der Waals surface area contributed by atoms with Crippen molar-refractivity contribution in [1.82, 2.24) is 0 Å². The van der Waals surface area contributed by atoms with E-state index in [1.807, 2.05) is 16.8 Å². The third-order valence-electron chi connectivity index (χ3n) is 4.17. The van der Waals surface area contributed by atoms with Crippen molar-refractivity contribution in [2.24, 2.45) is 0 Å². The number of hydrogen-bond acceptors (Lipinski definition) is 7. The van der Waals surface area contributed by atoms with E-state index in [2.05, 4.69) is 5.32 Å². The van der Waals surface area contributed by atoms with Gasteiger partial charge in [-0.1, -0.05) is 12.1 Å². The SMILES string of the molecule is O=C(Nc1ccccc1O)C1=C[C@H](c2ccsc2)C[C@H](OCCOCCO)O1. The normalized spacial score (nSPS) is 19.0. The number of aliphatic hydroxyl groups is 1. The lowest BCUT2D eigenvalue weighted by Crippen LogP contribution is -2.30. The molecule has 3 rings (SSSR count). The molecule has 7 nitrogen and oxygen atoms in total. The Labute approximate surface area is 167 Å². The number of allylic oxidation sites excluding steroid dienone is 1. The van der Waals surface area contributed by atoms with Crippen molar-refractivity contribution in [2.75, 3.05) is 31.7 Å². The summed E-state index contributed by atoms with van der Waals surface area (Å²) >= 11 is 1.59. The third-order valence-corrected chi connectivity index (χ3v) is 4.87. The molecule has 1 aromatic heterocycles. The minimum Gasteiger partial charge on any atom is -0.506 e. The molecule has 0 bridgehead atoms. The van der Waals surface area contributed by atoms with Crippen molar-refractivity contribution in [3.8, 4) is 5.75 Å². The molecule has 1 aliphatic heterocycles. The highest BCUT2D eigenvalue weighted by Crippen LogP contribution is 2.33. The summed E-state index contributed by atoms with van der Waals surface area (Å²) < 4.78 is 16.6. The Kier molecular flexibility index (Phi) is 7.44. The molecule has 0 spiro atoms. The van der Waals surface area contributed by atoms with E-state index in [1.54, 1.807) is 35.6 Å². The van der Waals surface area contributed by atoms with Gasteiger partial charge < -0.3 is 29.7 Å². The van der Waals surface area contributed by atoms with Crippen LogP contribution in [0.15, 0.2) is 52.9 Å². The molecule has 3 N–H and O–H groups in total. The first-order valence-electron chi connectivity index (χ1n) is 8.97. The van der Waals surface area contributed by atoms with E-state index in [4.69, 9.17) is 19.3 Å². The van der Waals surface area contributed by atoms with Gasteiger partial charge in [-0.3, -0.25) is 4.79 Å². The number of benzene rings is 1. The Balaban J connectivity index is 1.68. The van der Waals surface area contributed by atoms with Crippen LogP contribution < -0.4 is 5.32 Å². The summed E-state index contributed by atoms with van der Waals surface area (Å²) in [4.78, 5) is 12.7. The number of rotatable bonds is 9. The Bertz CT molecular complexity index is 792. The van der Waals surface area contributed by atoms with Crippen LogP contribution in [0.25, 0.3) is 0 Å². The molecule has 0 saturated carbocycles. The van der Waals surface area contributed by atoms with Crippen LogP contribution in [-0.2, 0) is 19.0 Å². The molecule has 1 aromatic carbocycles. The lowest BCUT2D eigenvalue weighted by molar-refractivity contribution is -0.148. The Morgan fingerprint density at radius 3 is 2.86 bits per heavy atom. The number of carbonyl (C=O) groups is 1. The highest BCUT2D eigenvalue weighted by molar-refractivity contribution is 7.08. The van der Waals surface area contributed by atoms with Crippen LogP contribution in [-0.4, -0.2) is 48.8 Å². The van der Waals surface area contributed by atoms with Crippen LogP contribution in [0.3, 0.4) is 0 Å². The van der Waals surface area contributed by atoms with Gasteiger partial charge in [0.15, 0.2) is 5.76 Å². The second kappa shape index (κ2) is 10.2. The summed E-state index contributed by atoms with van der Waals surface area (Å²) in [6.07, 6.45) is 1.75. The molecule has 0 saturated heterocycles. The average Bonchev–Trinajstić information content (AvgIpc) is 3.24. The standard InChI is InChI=1S/C20H23NO6S/c22-6-7-25-8-9-26-19-12-15(14-5-10-28-13-14)11-18(27-19)20(24)21-16-3-1-2-4-17(16)23/h1-5,10-11,13,15,19,22-23H,6-9,12H2,(H,21,24)/t15-,19+/m0/s1. The summed E-state index contributed by atoms with van der Waals surface area (Å²) in [5.41, 5.74) is 1.40. The van der Waals surface area contributed by atoms with E-state index >= 15 is 0 Å². The molecule has 8 heteroatoms. The van der Waals surface area contributed by atoms with Crippen molar-refractivity contribution in [3.05, 3.63) is 58.5 Å². The summed E-state index contributed by atoms with van der Waals surface area (Å²) in [5.74, 6) is -0.345. The number of phenolic OH excluding ortho intramolecular Hbond substituents is 1. The Hall–Kier alpha value is -2.39. The molecule has 1 aliphatic rings. The highest BCUT2D eigenvalue weighted by Gasteiger charge is 2.29. The zero-order valence-electron chi connectivity index (χ0n) is 15.2. The van der Waals surface area contributed by atoms with Gasteiger partial charge in [0, 0.05) is 12.3 Å². The maximum atomic E-state index is 12.7. The minimum atomic E-state index is -0.599. The van der Waals surface area contributed by atoms with Gasteiger partial charge in [0.25, 0.3) is 5.91 Å². The zero-order chi connectivity index (χ0) is 19.8. The molecule has 0 aliphatic carbocycles. The van der Waals surface area contributed by atoms with Crippen LogP contribution >= 0.6 is 11.3 Å². The van der Waals surface area contributed by atoms with Gasteiger partial charge in [-0.2, -0.15) is 11.3 Å². The number of amides is 1. The Morgan fingerprint density at radius 2 is 2.11 bits per heavy atom. The number of hydrogen-bond donors (Lipinski definition) is 3. The van der Waals surface area contributed by atoms with Crippen molar-refractivity contribution in [1.29, 1.82) is 0 Å². The lowest BCUT2D eigenvalue weighted by Gasteiger charge is -2.29. The van der Waals surface area contributed by atoms with Crippen LogP contribution in [0.1, 0.15) is 17.9 Å². The molecule has 28 heavy (non-hydrogen) atoms. The van der Waals surface area contributed by atoms with Gasteiger partial charge >= 0.3 is 0 Å². The number of nitrogens with one attached hydrogen (secondary N) is 1.